The summed E-state index contributed by atoms with van der Waals surface area (Å²) >= 11 is 0. The molecule has 4 atom stereocenters. The number of anilines is 1. The van der Waals surface area contributed by atoms with Gasteiger partial charge in [0.15, 0.2) is 17.0 Å². The van der Waals surface area contributed by atoms with Gasteiger partial charge in [-0.15, -0.1) is 0 Å². The molecule has 0 aliphatic heterocycles. The van der Waals surface area contributed by atoms with E-state index >= 15 is 0 Å². The molecule has 1 saturated carbocycles. The van der Waals surface area contributed by atoms with Gasteiger partial charge in [-0.2, -0.15) is 5.26 Å². The van der Waals surface area contributed by atoms with E-state index < -0.39 is 90.8 Å². The summed E-state index contributed by atoms with van der Waals surface area (Å²) in [6.45, 7) is 1.76. The van der Waals surface area contributed by atoms with Gasteiger partial charge in [0.25, 0.3) is 15.9 Å². The van der Waals surface area contributed by atoms with Crippen molar-refractivity contribution in [1.29, 1.82) is 5.26 Å². The molecule has 0 saturated heterocycles. The molecule has 5 rings (SSSR count). The Labute approximate surface area is 292 Å². The first-order valence-corrected chi connectivity index (χ1v) is 16.7. The number of nitrogens with zero attached hydrogens (tertiary/aromatic N) is 3. The van der Waals surface area contributed by atoms with Crippen LogP contribution in [-0.2, 0) is 35.6 Å². The number of aromatic hydroxyl groups is 1. The molecule has 2 aromatic carbocycles. The topological polar surface area (TPSA) is 283 Å². The van der Waals surface area contributed by atoms with Crippen molar-refractivity contribution in [3.63, 3.8) is 0 Å². The third kappa shape index (κ3) is 5.21. The minimum atomic E-state index is -4.30. The van der Waals surface area contributed by atoms with Crippen LogP contribution in [0.15, 0.2) is 52.1 Å². The Balaban J connectivity index is 1.71. The Morgan fingerprint density at radius 2 is 1.67 bits per heavy atom. The van der Waals surface area contributed by atoms with Gasteiger partial charge in [0.05, 0.1) is 44.8 Å². The second-order valence-electron chi connectivity index (χ2n) is 13.3. The zero-order valence-corrected chi connectivity index (χ0v) is 29.0. The molecule has 10 N–H and O–H groups in total. The molecule has 17 heteroatoms. The predicted octanol–water partition coefficient (Wildman–Crippen LogP) is -0.863. The van der Waals surface area contributed by atoms with Crippen LogP contribution in [0.4, 0.5) is 5.69 Å². The molecule has 0 heterocycles. The highest BCUT2D eigenvalue weighted by Gasteiger charge is 2.74. The van der Waals surface area contributed by atoms with E-state index in [9.17, 15) is 48.2 Å². The Bertz CT molecular complexity index is 2240. The number of aryl methyl sites for hydroxylation is 1. The number of phenols is 1. The van der Waals surface area contributed by atoms with E-state index in [1.807, 2.05) is 4.72 Å². The number of ketones is 2. The maximum atomic E-state index is 14.6. The highest BCUT2D eigenvalue weighted by molar-refractivity contribution is 7.90. The van der Waals surface area contributed by atoms with Gasteiger partial charge in [-0.1, -0.05) is 23.6 Å². The van der Waals surface area contributed by atoms with Gasteiger partial charge in [-0.05, 0) is 57.6 Å². The number of nitriles is 1. The van der Waals surface area contributed by atoms with Gasteiger partial charge in [0.2, 0.25) is 0 Å². The number of amides is 2. The molecule has 3 aliphatic rings. The monoisotopic (exact) mass is 717 g/mol. The summed E-state index contributed by atoms with van der Waals surface area (Å²) in [5.74, 6) is -3.44. The summed E-state index contributed by atoms with van der Waals surface area (Å²) in [7, 11) is 1.75. The van der Waals surface area contributed by atoms with Crippen molar-refractivity contribution in [2.45, 2.75) is 41.8 Å². The second-order valence-corrected chi connectivity index (χ2v) is 15.0. The normalized spacial score (nSPS) is 25.6. The van der Waals surface area contributed by atoms with Crippen LogP contribution in [0.25, 0.3) is 5.76 Å². The first-order valence-electron chi connectivity index (χ1n) is 15.2. The molecular weight excluding hydrogens is 682 g/mol. The molecule has 16 nitrogen and oxygen atoms in total. The number of nitrogens with one attached hydrogen (secondary N) is 1. The van der Waals surface area contributed by atoms with Crippen molar-refractivity contribution >= 4 is 44.9 Å². The first-order chi connectivity index (χ1) is 23.6. The number of nitrogens with two attached hydrogens (primary N) is 3. The van der Waals surface area contributed by atoms with Crippen molar-refractivity contribution in [3.8, 4) is 23.7 Å². The molecule has 0 aromatic heterocycles. The van der Waals surface area contributed by atoms with Crippen LogP contribution in [0.5, 0.6) is 5.75 Å². The largest absolute Gasteiger partial charge is 0.509 e. The molecular formula is C34H35N7O9S. The van der Waals surface area contributed by atoms with Crippen molar-refractivity contribution in [3.05, 3.63) is 69.5 Å². The SMILES string of the molecule is Cc1ccc(S(=O)(=O)NC(=O)C#Cc2cc(N(C)C)c3c(c2O)C(O)=C2C(=O)[C@]4(C#N)C(O)=C(C(N)=O)C(=O)[C@@H](N(C)C)[C@]4(N)C[C@]2(N)C3)cc1. The lowest BCUT2D eigenvalue weighted by atomic mass is 9.47. The van der Waals surface area contributed by atoms with Crippen LogP contribution in [0.3, 0.4) is 0 Å². The van der Waals surface area contributed by atoms with Crippen molar-refractivity contribution in [1.82, 2.24) is 9.62 Å². The fourth-order valence-corrected chi connectivity index (χ4v) is 8.33. The average molecular weight is 718 g/mol. The van der Waals surface area contributed by atoms with Gasteiger partial charge in [-0.25, -0.2) is 13.1 Å². The summed E-state index contributed by atoms with van der Waals surface area (Å²) in [4.78, 5) is 55.9. The fourth-order valence-electron chi connectivity index (χ4n) is 7.42. The van der Waals surface area contributed by atoms with Crippen molar-refractivity contribution in [2.75, 3.05) is 33.1 Å². The minimum Gasteiger partial charge on any atom is -0.509 e. The number of aliphatic hydroxyl groups excluding tert-OH is 2. The van der Waals surface area contributed by atoms with Crippen LogP contribution in [-0.4, -0.2) is 97.3 Å². The van der Waals surface area contributed by atoms with E-state index in [2.05, 4.69) is 11.8 Å². The third-order valence-electron chi connectivity index (χ3n) is 9.58. The first kappa shape index (κ1) is 36.6. The molecule has 0 unspecified atom stereocenters. The summed E-state index contributed by atoms with van der Waals surface area (Å²) in [6.07, 6.45) is -0.868. The average Bonchev–Trinajstić information content (AvgIpc) is 2.99. The molecule has 1 fully saturated rings. The van der Waals surface area contributed by atoms with Gasteiger partial charge < -0.3 is 37.4 Å². The quantitative estimate of drug-likeness (QED) is 0.146. The Hall–Kier alpha value is -5.72. The maximum Gasteiger partial charge on any atom is 0.309 e. The molecule has 2 aromatic rings. The lowest BCUT2D eigenvalue weighted by molar-refractivity contribution is -0.139. The number of benzene rings is 2. The lowest BCUT2D eigenvalue weighted by Crippen LogP contribution is -2.80. The number of phenolic OH excluding ortho intramolecular Hbond substituents is 1. The highest BCUT2D eigenvalue weighted by atomic mass is 32.2. The molecule has 266 valence electrons. The number of sulfonamides is 1. The molecule has 51 heavy (non-hydrogen) atoms. The third-order valence-corrected chi connectivity index (χ3v) is 10.9. The lowest BCUT2D eigenvalue weighted by Gasteiger charge is -2.58. The smallest absolute Gasteiger partial charge is 0.309 e. The zero-order valence-electron chi connectivity index (χ0n) is 28.2. The van der Waals surface area contributed by atoms with Crippen molar-refractivity contribution in [2.24, 2.45) is 22.6 Å². The number of fused-ring (bicyclic) bond motifs is 3. The van der Waals surface area contributed by atoms with Crippen LogP contribution < -0.4 is 26.8 Å². The maximum absolute atomic E-state index is 14.6. The molecule has 3 aliphatic carbocycles. The number of carbonyl (C=O) groups is 4. The number of likely N-dealkylation sites (N-methyl/N-ethyl adjacent to an activating group) is 1. The number of rotatable bonds is 5. The molecule has 0 radical (unpaired) electrons. The van der Waals surface area contributed by atoms with E-state index in [0.29, 0.717) is 5.69 Å². The zero-order chi connectivity index (χ0) is 38.2. The summed E-state index contributed by atoms with van der Waals surface area (Å²) in [5.41, 5.74) is 11.2. The number of hydrogen-bond acceptors (Lipinski definition) is 14. The van der Waals surface area contributed by atoms with Crippen LogP contribution >= 0.6 is 0 Å². The van der Waals surface area contributed by atoms with Gasteiger partial charge >= 0.3 is 5.91 Å². The standard InChI is InChI=1S/C34H35N7O9S/c1-16-6-9-18(10-7-16)51(49,50)39-21(42)11-8-17-12-20(40(2)3)19-13-32(37)14-34(38)28(41(4)5)27(45)23(31(36)48)29(46)33(34,15-35)30(47)24(32)26(44)22(19)25(17)43/h6-7,9-10,12,28,43-44,46H,13-14,37-38H2,1-5H3,(H2,36,48)(H,39,42)/t28-,32-,33+,34-/m1/s1. The van der Waals surface area contributed by atoms with Crippen LogP contribution in [0, 0.1) is 35.5 Å². The predicted molar refractivity (Wildman–Crippen MR) is 182 cm³/mol. The van der Waals surface area contributed by atoms with Crippen molar-refractivity contribution < 1.29 is 42.9 Å². The molecule has 2 amide bonds. The highest BCUT2D eigenvalue weighted by Crippen LogP contribution is 2.59. The van der Waals surface area contributed by atoms with Gasteiger partial charge in [-0.3, -0.25) is 24.1 Å². The van der Waals surface area contributed by atoms with E-state index in [1.165, 1.54) is 37.2 Å². The second kappa shape index (κ2) is 12.0. The number of hydrogen-bond donors (Lipinski definition) is 7. The van der Waals surface area contributed by atoms with Gasteiger partial charge in [0.1, 0.15) is 22.8 Å². The fraction of sp³-hybridized carbons (Fsp3) is 0.324. The van der Waals surface area contributed by atoms with E-state index in [4.69, 9.17) is 17.2 Å². The molecule has 0 bridgehead atoms. The Kier molecular flexibility index (Phi) is 8.57. The Morgan fingerprint density at radius 3 is 2.20 bits per heavy atom. The minimum absolute atomic E-state index is 0.187. The number of Topliss-reactive ketones (excluding diaryl/α,β-unsaturated/α-hetero) is 2. The van der Waals surface area contributed by atoms with Crippen LogP contribution in [0.2, 0.25) is 0 Å². The number of carbonyl (C=O) groups excluding carboxylic acids is 4. The van der Waals surface area contributed by atoms with Crippen LogP contribution in [0.1, 0.15) is 28.7 Å². The Morgan fingerprint density at radius 1 is 1.06 bits per heavy atom. The van der Waals surface area contributed by atoms with E-state index in [-0.39, 0.29) is 28.0 Å². The summed E-state index contributed by atoms with van der Waals surface area (Å²) in [5, 5.41) is 45.3. The van der Waals surface area contributed by atoms with Gasteiger partial charge in [0, 0.05) is 25.7 Å². The number of primary amides is 1. The van der Waals surface area contributed by atoms with E-state index in [0.717, 1.165) is 5.56 Å². The number of aliphatic hydroxyl groups is 2. The molecule has 0 spiro atoms. The summed E-state index contributed by atoms with van der Waals surface area (Å²) < 4.78 is 27.2. The van der Waals surface area contributed by atoms with E-state index in [1.54, 1.807) is 44.1 Å². The summed E-state index contributed by atoms with van der Waals surface area (Å²) in [6, 6.07) is 7.19.